The lowest BCUT2D eigenvalue weighted by Gasteiger charge is -2.30. The summed E-state index contributed by atoms with van der Waals surface area (Å²) in [6, 6.07) is 21.1. The Labute approximate surface area is 218 Å². The number of carbonyl (C=O) groups is 1. The maximum absolute atomic E-state index is 13.7. The molecule has 1 atom stereocenters. The third kappa shape index (κ3) is 4.64. The van der Waals surface area contributed by atoms with Crippen LogP contribution in [0, 0.1) is 13.8 Å². The molecule has 3 aromatic carbocycles. The van der Waals surface area contributed by atoms with Crippen molar-refractivity contribution in [3.8, 4) is 5.75 Å². The number of hydrogen-bond donors (Lipinski definition) is 2. The van der Waals surface area contributed by atoms with E-state index in [1.165, 1.54) is 6.33 Å². The normalized spacial score (nSPS) is 14.7. The lowest BCUT2D eigenvalue weighted by Crippen LogP contribution is -2.32. The van der Waals surface area contributed by atoms with E-state index in [4.69, 9.17) is 4.74 Å². The van der Waals surface area contributed by atoms with Crippen molar-refractivity contribution in [2.45, 2.75) is 33.4 Å². The molecule has 5 rings (SSSR count). The van der Waals surface area contributed by atoms with E-state index in [0.717, 1.165) is 32.4 Å². The predicted octanol–water partition coefficient (Wildman–Crippen LogP) is 6.16. The minimum Gasteiger partial charge on any atom is -0.489 e. The predicted molar refractivity (Wildman–Crippen MR) is 144 cm³/mol. The molecule has 2 N–H and O–H groups in total. The van der Waals surface area contributed by atoms with Gasteiger partial charge in [0, 0.05) is 21.4 Å². The van der Waals surface area contributed by atoms with Gasteiger partial charge in [-0.1, -0.05) is 58.4 Å². The topological polar surface area (TPSA) is 81.1 Å². The summed E-state index contributed by atoms with van der Waals surface area (Å²) in [5, 5.41) is 10.8. The zero-order chi connectivity index (χ0) is 25.2. The number of ether oxygens (including phenoxy) is 1. The van der Waals surface area contributed by atoms with E-state index in [1.807, 2.05) is 68.4 Å². The number of para-hydroxylation sites is 1. The Balaban J connectivity index is 1.56. The van der Waals surface area contributed by atoms with Gasteiger partial charge in [0.25, 0.3) is 5.91 Å². The van der Waals surface area contributed by atoms with Gasteiger partial charge in [-0.05, 0) is 61.7 Å². The summed E-state index contributed by atoms with van der Waals surface area (Å²) in [5.74, 6) is 1.02. The van der Waals surface area contributed by atoms with Crippen molar-refractivity contribution >= 4 is 33.5 Å². The standard InChI is InChI=1S/C28H26BrN5O2/c1-17-8-4-6-10-20(17)15-36-24-13-12-21(29)14-22(24)26-25(19(3)32-28-30-16-31-34(26)28)27(35)33-23-11-7-5-9-18(23)2/h4-14,16,26H,15H2,1-3H3,(H,33,35)(H,30,31,32). The second-order valence-electron chi connectivity index (χ2n) is 8.76. The molecule has 0 bridgehead atoms. The number of anilines is 2. The number of halogens is 1. The first-order valence-corrected chi connectivity index (χ1v) is 12.4. The Morgan fingerprint density at radius 1 is 1.06 bits per heavy atom. The van der Waals surface area contributed by atoms with Crippen LogP contribution in [0.15, 0.2) is 88.8 Å². The van der Waals surface area contributed by atoms with Crippen molar-refractivity contribution in [3.63, 3.8) is 0 Å². The third-order valence-electron chi connectivity index (χ3n) is 6.34. The summed E-state index contributed by atoms with van der Waals surface area (Å²) < 4.78 is 8.94. The highest BCUT2D eigenvalue weighted by Crippen LogP contribution is 2.40. The van der Waals surface area contributed by atoms with Gasteiger partial charge < -0.3 is 15.4 Å². The molecule has 2 heterocycles. The second-order valence-corrected chi connectivity index (χ2v) is 9.68. The van der Waals surface area contributed by atoms with Crippen molar-refractivity contribution in [1.82, 2.24) is 14.8 Å². The van der Waals surface area contributed by atoms with Crippen LogP contribution in [0.1, 0.15) is 35.2 Å². The number of carbonyl (C=O) groups excluding carboxylic acids is 1. The Bertz CT molecular complexity index is 1480. The Morgan fingerprint density at radius 3 is 2.58 bits per heavy atom. The largest absolute Gasteiger partial charge is 0.489 e. The molecule has 0 radical (unpaired) electrons. The SMILES string of the molecule is CC1=C(C(=O)Nc2ccccc2C)C(c2cc(Br)ccc2OCc2ccccc2C)n2ncnc2N1. The fourth-order valence-corrected chi connectivity index (χ4v) is 4.75. The number of aromatic nitrogens is 3. The summed E-state index contributed by atoms with van der Waals surface area (Å²) in [6.45, 7) is 6.32. The van der Waals surface area contributed by atoms with Crippen LogP contribution in [0.4, 0.5) is 11.6 Å². The molecule has 4 aromatic rings. The van der Waals surface area contributed by atoms with Crippen LogP contribution in [0.25, 0.3) is 0 Å². The summed E-state index contributed by atoms with van der Waals surface area (Å²) in [7, 11) is 0. The molecule has 36 heavy (non-hydrogen) atoms. The van der Waals surface area contributed by atoms with Gasteiger partial charge in [-0.25, -0.2) is 4.68 Å². The van der Waals surface area contributed by atoms with Crippen LogP contribution in [0.5, 0.6) is 5.75 Å². The monoisotopic (exact) mass is 543 g/mol. The fourth-order valence-electron chi connectivity index (χ4n) is 4.37. The van der Waals surface area contributed by atoms with E-state index < -0.39 is 6.04 Å². The van der Waals surface area contributed by atoms with Crippen LogP contribution >= 0.6 is 15.9 Å². The number of allylic oxidation sites excluding steroid dienone is 1. The van der Waals surface area contributed by atoms with Gasteiger partial charge >= 0.3 is 0 Å². The third-order valence-corrected chi connectivity index (χ3v) is 6.84. The Hall–Kier alpha value is -3.91. The van der Waals surface area contributed by atoms with E-state index in [9.17, 15) is 4.79 Å². The zero-order valence-electron chi connectivity index (χ0n) is 20.2. The van der Waals surface area contributed by atoms with Crippen LogP contribution in [-0.4, -0.2) is 20.7 Å². The number of amides is 1. The van der Waals surface area contributed by atoms with Gasteiger partial charge in [0.2, 0.25) is 5.95 Å². The second kappa shape index (κ2) is 9.99. The molecular formula is C28H26BrN5O2. The van der Waals surface area contributed by atoms with Gasteiger partial charge in [0.05, 0.1) is 5.57 Å². The van der Waals surface area contributed by atoms with Crippen molar-refractivity contribution in [2.75, 3.05) is 10.6 Å². The smallest absolute Gasteiger partial charge is 0.255 e. The average molecular weight is 544 g/mol. The van der Waals surface area contributed by atoms with E-state index in [-0.39, 0.29) is 5.91 Å². The van der Waals surface area contributed by atoms with Crippen LogP contribution in [0.2, 0.25) is 0 Å². The van der Waals surface area contributed by atoms with Gasteiger partial charge in [-0.2, -0.15) is 10.1 Å². The highest BCUT2D eigenvalue weighted by atomic mass is 79.9. The lowest BCUT2D eigenvalue weighted by molar-refractivity contribution is -0.113. The summed E-state index contributed by atoms with van der Waals surface area (Å²) in [6.07, 6.45) is 1.48. The molecule has 1 amide bonds. The number of hydrogen-bond acceptors (Lipinski definition) is 5. The van der Waals surface area contributed by atoms with Gasteiger partial charge in [0.15, 0.2) is 0 Å². The Morgan fingerprint density at radius 2 is 1.81 bits per heavy atom. The molecule has 1 unspecified atom stereocenters. The maximum atomic E-state index is 13.7. The molecule has 182 valence electrons. The van der Waals surface area contributed by atoms with Gasteiger partial charge in [0.1, 0.15) is 24.7 Å². The van der Waals surface area contributed by atoms with Gasteiger partial charge in [-0.3, -0.25) is 4.79 Å². The molecule has 1 aliphatic heterocycles. The van der Waals surface area contributed by atoms with Crippen molar-refractivity contribution in [3.05, 3.63) is 111 Å². The van der Waals surface area contributed by atoms with Crippen molar-refractivity contribution in [2.24, 2.45) is 0 Å². The first-order valence-electron chi connectivity index (χ1n) is 11.6. The molecular weight excluding hydrogens is 518 g/mol. The first kappa shape index (κ1) is 23.8. The van der Waals surface area contributed by atoms with Crippen LogP contribution < -0.4 is 15.4 Å². The molecule has 7 nitrogen and oxygen atoms in total. The summed E-state index contributed by atoms with van der Waals surface area (Å²) in [4.78, 5) is 18.1. The van der Waals surface area contributed by atoms with E-state index in [0.29, 0.717) is 29.6 Å². The quantitative estimate of drug-likeness (QED) is 0.304. The van der Waals surface area contributed by atoms with Crippen LogP contribution in [-0.2, 0) is 11.4 Å². The highest BCUT2D eigenvalue weighted by molar-refractivity contribution is 9.10. The van der Waals surface area contributed by atoms with E-state index in [2.05, 4.69) is 55.7 Å². The van der Waals surface area contributed by atoms with Crippen LogP contribution in [0.3, 0.4) is 0 Å². The number of benzene rings is 3. The first-order chi connectivity index (χ1) is 17.4. The molecule has 8 heteroatoms. The summed E-state index contributed by atoms with van der Waals surface area (Å²) in [5.41, 5.74) is 6.05. The summed E-state index contributed by atoms with van der Waals surface area (Å²) >= 11 is 3.60. The van der Waals surface area contributed by atoms with Crippen molar-refractivity contribution in [1.29, 1.82) is 0 Å². The minimum absolute atomic E-state index is 0.217. The number of fused-ring (bicyclic) bond motifs is 1. The maximum Gasteiger partial charge on any atom is 0.255 e. The highest BCUT2D eigenvalue weighted by Gasteiger charge is 2.35. The molecule has 0 saturated heterocycles. The number of nitrogens with one attached hydrogen (secondary N) is 2. The molecule has 1 aromatic heterocycles. The molecule has 1 aliphatic rings. The minimum atomic E-state index is -0.544. The average Bonchev–Trinajstić information content (AvgIpc) is 3.32. The number of nitrogens with zero attached hydrogens (tertiary/aromatic N) is 3. The van der Waals surface area contributed by atoms with E-state index in [1.54, 1.807) is 4.68 Å². The molecule has 0 saturated carbocycles. The number of aryl methyl sites for hydroxylation is 2. The molecule has 0 aliphatic carbocycles. The zero-order valence-corrected chi connectivity index (χ0v) is 21.8. The van der Waals surface area contributed by atoms with Gasteiger partial charge in [-0.15, -0.1) is 0 Å². The lowest BCUT2D eigenvalue weighted by atomic mass is 9.94. The number of rotatable bonds is 6. The van der Waals surface area contributed by atoms with E-state index >= 15 is 0 Å². The molecule has 0 fully saturated rings. The molecule has 0 spiro atoms. The van der Waals surface area contributed by atoms with Crippen molar-refractivity contribution < 1.29 is 9.53 Å². The Kier molecular flexibility index (Phi) is 6.61. The fraction of sp³-hybridized carbons (Fsp3) is 0.179.